The van der Waals surface area contributed by atoms with E-state index in [1.54, 1.807) is 6.08 Å². The van der Waals surface area contributed by atoms with E-state index in [1.165, 1.54) is 13.2 Å². The van der Waals surface area contributed by atoms with Crippen molar-refractivity contribution in [3.05, 3.63) is 48.0 Å². The third kappa shape index (κ3) is 4.94. The summed E-state index contributed by atoms with van der Waals surface area (Å²) in [6.45, 7) is 4.55. The zero-order valence-corrected chi connectivity index (χ0v) is 13.2. The van der Waals surface area contributed by atoms with Gasteiger partial charge in [-0.3, -0.25) is 0 Å². The van der Waals surface area contributed by atoms with E-state index in [9.17, 15) is 4.79 Å². The molecule has 1 aromatic rings. The molecule has 0 spiro atoms. The summed E-state index contributed by atoms with van der Waals surface area (Å²) < 4.78 is 21.9. The van der Waals surface area contributed by atoms with Gasteiger partial charge >= 0.3 is 5.97 Å². The van der Waals surface area contributed by atoms with E-state index in [0.717, 1.165) is 5.56 Å². The predicted octanol–water partition coefficient (Wildman–Crippen LogP) is 2.45. The lowest BCUT2D eigenvalue weighted by Crippen LogP contribution is -2.31. The van der Waals surface area contributed by atoms with E-state index < -0.39 is 11.8 Å². The molecule has 120 valence electrons. The quantitative estimate of drug-likeness (QED) is 0.597. The molecule has 5 heteroatoms. The first-order valence-electron chi connectivity index (χ1n) is 7.23. The van der Waals surface area contributed by atoms with Crippen molar-refractivity contribution in [2.24, 2.45) is 0 Å². The molecule has 0 bridgehead atoms. The largest absolute Gasteiger partial charge is 0.466 e. The second-order valence-electron chi connectivity index (χ2n) is 5.51. The monoisotopic (exact) mass is 306 g/mol. The van der Waals surface area contributed by atoms with Crippen molar-refractivity contribution in [1.29, 1.82) is 0 Å². The van der Waals surface area contributed by atoms with Crippen LogP contribution in [-0.2, 0) is 30.3 Å². The first-order chi connectivity index (χ1) is 10.5. The smallest absolute Gasteiger partial charge is 0.330 e. The summed E-state index contributed by atoms with van der Waals surface area (Å²) in [5, 5.41) is 0. The van der Waals surface area contributed by atoms with Gasteiger partial charge in [-0.15, -0.1) is 0 Å². The number of esters is 1. The molecular weight excluding hydrogens is 284 g/mol. The van der Waals surface area contributed by atoms with Gasteiger partial charge in [0.2, 0.25) is 0 Å². The van der Waals surface area contributed by atoms with E-state index in [2.05, 4.69) is 4.74 Å². The van der Waals surface area contributed by atoms with Gasteiger partial charge in [0.1, 0.15) is 12.2 Å². The first kappa shape index (κ1) is 16.7. The molecule has 0 N–H and O–H groups in total. The Morgan fingerprint density at radius 1 is 1.41 bits per heavy atom. The molecule has 1 fully saturated rings. The molecule has 1 aliphatic rings. The third-order valence-corrected chi connectivity index (χ3v) is 3.31. The van der Waals surface area contributed by atoms with Gasteiger partial charge in [0, 0.05) is 6.08 Å². The van der Waals surface area contributed by atoms with Crippen LogP contribution in [0.4, 0.5) is 0 Å². The second-order valence-corrected chi connectivity index (χ2v) is 5.51. The number of carbonyl (C=O) groups excluding carboxylic acids is 1. The van der Waals surface area contributed by atoms with Crippen molar-refractivity contribution >= 4 is 5.97 Å². The lowest BCUT2D eigenvalue weighted by molar-refractivity contribution is -0.152. The summed E-state index contributed by atoms with van der Waals surface area (Å²) in [7, 11) is 1.34. The molecule has 0 radical (unpaired) electrons. The van der Waals surface area contributed by atoms with Gasteiger partial charge in [-0.1, -0.05) is 30.3 Å². The molecule has 2 rings (SSSR count). The van der Waals surface area contributed by atoms with Gasteiger partial charge in [0.25, 0.3) is 0 Å². The van der Waals surface area contributed by atoms with Crippen molar-refractivity contribution in [3.8, 4) is 0 Å². The van der Waals surface area contributed by atoms with E-state index in [0.29, 0.717) is 13.2 Å². The van der Waals surface area contributed by atoms with Crippen LogP contribution in [0.3, 0.4) is 0 Å². The van der Waals surface area contributed by atoms with Crippen molar-refractivity contribution in [2.45, 2.75) is 38.4 Å². The summed E-state index contributed by atoms with van der Waals surface area (Å²) in [6, 6.07) is 9.83. The Hall–Kier alpha value is -1.69. The molecule has 22 heavy (non-hydrogen) atoms. The van der Waals surface area contributed by atoms with Crippen LogP contribution in [0.2, 0.25) is 0 Å². The Morgan fingerprint density at radius 2 is 2.14 bits per heavy atom. The summed E-state index contributed by atoms with van der Waals surface area (Å²) in [4.78, 5) is 11.3. The van der Waals surface area contributed by atoms with E-state index in [4.69, 9.17) is 14.2 Å². The minimum Gasteiger partial charge on any atom is -0.466 e. The first-order valence-corrected chi connectivity index (χ1v) is 7.23. The van der Waals surface area contributed by atoms with Gasteiger partial charge in [0.05, 0.1) is 20.3 Å². The van der Waals surface area contributed by atoms with Gasteiger partial charge in [0.15, 0.2) is 5.79 Å². The highest BCUT2D eigenvalue weighted by atomic mass is 16.7. The van der Waals surface area contributed by atoms with E-state index in [1.807, 2.05) is 44.2 Å². The minimum atomic E-state index is -0.641. The molecule has 1 heterocycles. The SMILES string of the molecule is COC(=O)/C=C\C(OCc1ccccc1)C1COC(C)(C)O1. The van der Waals surface area contributed by atoms with E-state index >= 15 is 0 Å². The average Bonchev–Trinajstić information content (AvgIpc) is 2.88. The zero-order valence-electron chi connectivity index (χ0n) is 13.2. The lowest BCUT2D eigenvalue weighted by Gasteiger charge is -2.22. The molecule has 0 amide bonds. The van der Waals surface area contributed by atoms with Crippen molar-refractivity contribution in [2.75, 3.05) is 13.7 Å². The van der Waals surface area contributed by atoms with Gasteiger partial charge in [-0.2, -0.15) is 0 Å². The number of benzene rings is 1. The zero-order chi connectivity index (χ0) is 16.0. The standard InChI is InChI=1S/C17H22O5/c1-17(2)21-12-15(22-17)14(9-10-16(18)19-3)20-11-13-7-5-4-6-8-13/h4-10,14-15H,11-12H2,1-3H3/b10-9-. The number of rotatable bonds is 6. The Kier molecular flexibility index (Phi) is 5.71. The highest BCUT2D eigenvalue weighted by molar-refractivity contribution is 5.81. The number of methoxy groups -OCH3 is 1. The van der Waals surface area contributed by atoms with Crippen LogP contribution in [-0.4, -0.2) is 37.7 Å². The molecule has 2 unspecified atom stereocenters. The highest BCUT2D eigenvalue weighted by Gasteiger charge is 2.37. The molecular formula is C17H22O5. The third-order valence-electron chi connectivity index (χ3n) is 3.31. The number of hydrogen-bond donors (Lipinski definition) is 0. The fourth-order valence-electron chi connectivity index (χ4n) is 2.17. The van der Waals surface area contributed by atoms with Crippen LogP contribution >= 0.6 is 0 Å². The molecule has 1 saturated heterocycles. The average molecular weight is 306 g/mol. The number of hydrogen-bond acceptors (Lipinski definition) is 5. The Balaban J connectivity index is 2.01. The summed E-state index contributed by atoms with van der Waals surface area (Å²) in [5.74, 6) is -1.07. The maximum Gasteiger partial charge on any atom is 0.330 e. The maximum atomic E-state index is 11.3. The molecule has 5 nitrogen and oxygen atoms in total. The molecule has 0 saturated carbocycles. The van der Waals surface area contributed by atoms with Crippen molar-refractivity contribution < 1.29 is 23.7 Å². The van der Waals surface area contributed by atoms with Crippen molar-refractivity contribution in [1.82, 2.24) is 0 Å². The van der Waals surface area contributed by atoms with Crippen LogP contribution in [0.5, 0.6) is 0 Å². The predicted molar refractivity (Wildman–Crippen MR) is 81.1 cm³/mol. The fourth-order valence-corrected chi connectivity index (χ4v) is 2.17. The van der Waals surface area contributed by atoms with Crippen LogP contribution < -0.4 is 0 Å². The molecule has 1 aromatic carbocycles. The summed E-state index contributed by atoms with van der Waals surface area (Å²) in [6.07, 6.45) is 2.36. The van der Waals surface area contributed by atoms with Crippen molar-refractivity contribution in [3.63, 3.8) is 0 Å². The van der Waals surface area contributed by atoms with Crippen LogP contribution in [0.15, 0.2) is 42.5 Å². The normalized spacial score (nSPS) is 21.9. The molecule has 0 aromatic heterocycles. The Bertz CT molecular complexity index is 509. The lowest BCUT2D eigenvalue weighted by atomic mass is 10.2. The topological polar surface area (TPSA) is 54.0 Å². The van der Waals surface area contributed by atoms with Crippen LogP contribution in [0, 0.1) is 0 Å². The van der Waals surface area contributed by atoms with Gasteiger partial charge in [-0.05, 0) is 25.5 Å². The number of carbonyl (C=O) groups is 1. The second kappa shape index (κ2) is 7.54. The summed E-state index contributed by atoms with van der Waals surface area (Å²) in [5.41, 5.74) is 1.05. The van der Waals surface area contributed by atoms with Crippen LogP contribution in [0.25, 0.3) is 0 Å². The number of ether oxygens (including phenoxy) is 4. The van der Waals surface area contributed by atoms with Gasteiger partial charge < -0.3 is 18.9 Å². The minimum absolute atomic E-state index is 0.264. The maximum absolute atomic E-state index is 11.3. The highest BCUT2D eigenvalue weighted by Crippen LogP contribution is 2.26. The molecule has 1 aliphatic heterocycles. The Morgan fingerprint density at radius 3 is 2.73 bits per heavy atom. The van der Waals surface area contributed by atoms with E-state index in [-0.39, 0.29) is 12.2 Å². The molecule has 2 atom stereocenters. The van der Waals surface area contributed by atoms with Crippen LogP contribution in [0.1, 0.15) is 19.4 Å². The fraction of sp³-hybridized carbons (Fsp3) is 0.471. The Labute approximate surface area is 130 Å². The van der Waals surface area contributed by atoms with Gasteiger partial charge in [-0.25, -0.2) is 4.79 Å². The summed E-state index contributed by atoms with van der Waals surface area (Å²) >= 11 is 0. The molecule has 0 aliphatic carbocycles.